The molecule has 1 N–H and O–H groups in total. The highest BCUT2D eigenvalue weighted by Crippen LogP contribution is 1.93. The van der Waals surface area contributed by atoms with Crippen LogP contribution in [0.15, 0.2) is 0 Å². The third-order valence-electron chi connectivity index (χ3n) is 1.72. The van der Waals surface area contributed by atoms with Gasteiger partial charge in [-0.3, -0.25) is 0 Å². The number of unbranched alkanes of at least 4 members (excludes halogenated alkanes) is 1. The van der Waals surface area contributed by atoms with Crippen LogP contribution in [-0.4, -0.2) is 25.3 Å². The summed E-state index contributed by atoms with van der Waals surface area (Å²) < 4.78 is 5.41. The lowest BCUT2D eigenvalue weighted by Gasteiger charge is -2.08. The van der Waals surface area contributed by atoms with Gasteiger partial charge in [-0.15, -0.1) is 6.42 Å². The summed E-state index contributed by atoms with van der Waals surface area (Å²) >= 11 is 0. The van der Waals surface area contributed by atoms with Crippen LogP contribution < -0.4 is 5.32 Å². The summed E-state index contributed by atoms with van der Waals surface area (Å²) in [6, 6.07) is 0.186. The molecule has 0 rings (SSSR count). The zero-order valence-corrected chi connectivity index (χ0v) is 8.97. The van der Waals surface area contributed by atoms with Crippen molar-refractivity contribution in [3.05, 3.63) is 0 Å². The number of hydrogen-bond acceptors (Lipinski definition) is 2. The summed E-state index contributed by atoms with van der Waals surface area (Å²) in [6.07, 6.45) is 7.78. The fourth-order valence-corrected chi connectivity index (χ4v) is 0.924. The van der Waals surface area contributed by atoms with Gasteiger partial charge in [-0.1, -0.05) is 5.92 Å². The summed E-state index contributed by atoms with van der Waals surface area (Å²) in [4.78, 5) is 0. The molecule has 0 saturated carbocycles. The van der Waals surface area contributed by atoms with E-state index in [-0.39, 0.29) is 6.04 Å². The van der Waals surface area contributed by atoms with Gasteiger partial charge in [0, 0.05) is 6.61 Å². The first kappa shape index (κ1) is 12.5. The molecule has 76 valence electrons. The minimum absolute atomic E-state index is 0.186. The molecule has 0 aromatic rings. The van der Waals surface area contributed by atoms with E-state index in [0.717, 1.165) is 26.0 Å². The van der Waals surface area contributed by atoms with Crippen LogP contribution in [-0.2, 0) is 4.74 Å². The highest BCUT2D eigenvalue weighted by molar-refractivity contribution is 4.95. The minimum atomic E-state index is 0.186. The highest BCUT2D eigenvalue weighted by Gasteiger charge is 1.95. The predicted octanol–water partition coefficient (Wildman–Crippen LogP) is 1.80. The van der Waals surface area contributed by atoms with Gasteiger partial charge in [0.2, 0.25) is 0 Å². The largest absolute Gasteiger partial charge is 0.379 e. The quantitative estimate of drug-likeness (QED) is 0.480. The van der Waals surface area contributed by atoms with Crippen LogP contribution in [0.4, 0.5) is 0 Å². The molecule has 0 heterocycles. The van der Waals surface area contributed by atoms with E-state index in [1.54, 1.807) is 0 Å². The van der Waals surface area contributed by atoms with Crippen molar-refractivity contribution in [2.24, 2.45) is 0 Å². The van der Waals surface area contributed by atoms with E-state index in [2.05, 4.69) is 25.1 Å². The first-order valence-corrected chi connectivity index (χ1v) is 4.98. The number of rotatable bonds is 7. The van der Waals surface area contributed by atoms with Crippen molar-refractivity contribution < 1.29 is 4.74 Å². The van der Waals surface area contributed by atoms with E-state index < -0.39 is 0 Å². The Morgan fingerprint density at radius 2 is 2.00 bits per heavy atom. The third-order valence-corrected chi connectivity index (χ3v) is 1.72. The Hall–Kier alpha value is -0.520. The average molecular weight is 183 g/mol. The van der Waals surface area contributed by atoms with Gasteiger partial charge < -0.3 is 10.1 Å². The zero-order valence-electron chi connectivity index (χ0n) is 8.97. The fourth-order valence-electron chi connectivity index (χ4n) is 0.924. The monoisotopic (exact) mass is 183 g/mol. The van der Waals surface area contributed by atoms with Crippen LogP contribution in [0.3, 0.4) is 0 Å². The Kier molecular flexibility index (Phi) is 7.77. The SMILES string of the molecule is C#CC(C)NCCCCOC(C)C. The molecule has 0 aliphatic heterocycles. The molecule has 0 aliphatic rings. The maximum Gasteiger partial charge on any atom is 0.0658 e. The number of hydrogen-bond donors (Lipinski definition) is 1. The van der Waals surface area contributed by atoms with E-state index in [0.29, 0.717) is 6.10 Å². The van der Waals surface area contributed by atoms with Crippen molar-refractivity contribution in [3.8, 4) is 12.3 Å². The van der Waals surface area contributed by atoms with Crippen molar-refractivity contribution in [1.29, 1.82) is 0 Å². The van der Waals surface area contributed by atoms with Crippen molar-refractivity contribution in [2.45, 2.75) is 45.8 Å². The summed E-state index contributed by atoms with van der Waals surface area (Å²) in [5, 5.41) is 3.23. The normalized spacial score (nSPS) is 12.8. The van der Waals surface area contributed by atoms with Gasteiger partial charge in [-0.05, 0) is 40.2 Å². The molecule has 0 fully saturated rings. The topological polar surface area (TPSA) is 21.3 Å². The molecule has 0 aliphatic carbocycles. The maximum atomic E-state index is 5.41. The Balaban J connectivity index is 3.05. The lowest BCUT2D eigenvalue weighted by Crippen LogP contribution is -2.25. The first-order valence-electron chi connectivity index (χ1n) is 4.98. The summed E-state index contributed by atoms with van der Waals surface area (Å²) in [5.74, 6) is 2.63. The standard InChI is InChI=1S/C11H21NO/c1-5-11(4)12-8-6-7-9-13-10(2)3/h1,10-12H,6-9H2,2-4H3. The van der Waals surface area contributed by atoms with Gasteiger partial charge in [-0.2, -0.15) is 0 Å². The lowest BCUT2D eigenvalue weighted by atomic mass is 10.3. The molecule has 0 radical (unpaired) electrons. The van der Waals surface area contributed by atoms with Gasteiger partial charge >= 0.3 is 0 Å². The molecular weight excluding hydrogens is 162 g/mol. The number of terminal acetylenes is 1. The second kappa shape index (κ2) is 8.10. The highest BCUT2D eigenvalue weighted by atomic mass is 16.5. The van der Waals surface area contributed by atoms with Gasteiger partial charge in [-0.25, -0.2) is 0 Å². The molecule has 13 heavy (non-hydrogen) atoms. The van der Waals surface area contributed by atoms with Crippen LogP contribution in [0.1, 0.15) is 33.6 Å². The van der Waals surface area contributed by atoms with Crippen molar-refractivity contribution in [1.82, 2.24) is 5.32 Å². The van der Waals surface area contributed by atoms with E-state index >= 15 is 0 Å². The molecule has 0 aromatic heterocycles. The number of nitrogens with one attached hydrogen (secondary N) is 1. The fraction of sp³-hybridized carbons (Fsp3) is 0.818. The molecule has 0 saturated heterocycles. The molecule has 0 bridgehead atoms. The van der Waals surface area contributed by atoms with Crippen LogP contribution in [0.2, 0.25) is 0 Å². The molecule has 0 spiro atoms. The summed E-state index contributed by atoms with van der Waals surface area (Å²) in [7, 11) is 0. The van der Waals surface area contributed by atoms with Gasteiger partial charge in [0.1, 0.15) is 0 Å². The molecular formula is C11H21NO. The van der Waals surface area contributed by atoms with Crippen molar-refractivity contribution >= 4 is 0 Å². The third kappa shape index (κ3) is 9.39. The second-order valence-corrected chi connectivity index (χ2v) is 3.47. The van der Waals surface area contributed by atoms with Crippen LogP contribution in [0.25, 0.3) is 0 Å². The smallest absolute Gasteiger partial charge is 0.0658 e. The Bertz CT molecular complexity index is 149. The zero-order chi connectivity index (χ0) is 10.1. The van der Waals surface area contributed by atoms with E-state index in [1.807, 2.05) is 6.92 Å². The molecule has 0 amide bonds. The molecule has 1 unspecified atom stereocenters. The van der Waals surface area contributed by atoms with Gasteiger partial charge in [0.05, 0.1) is 12.1 Å². The van der Waals surface area contributed by atoms with Crippen molar-refractivity contribution in [3.63, 3.8) is 0 Å². The lowest BCUT2D eigenvalue weighted by molar-refractivity contribution is 0.0760. The van der Waals surface area contributed by atoms with Crippen molar-refractivity contribution in [2.75, 3.05) is 13.2 Å². The Labute approximate surface area is 82.1 Å². The molecule has 1 atom stereocenters. The van der Waals surface area contributed by atoms with Gasteiger partial charge in [0.15, 0.2) is 0 Å². The predicted molar refractivity (Wildman–Crippen MR) is 56.6 cm³/mol. The summed E-state index contributed by atoms with van der Waals surface area (Å²) in [6.45, 7) is 7.93. The molecule has 0 aromatic carbocycles. The van der Waals surface area contributed by atoms with E-state index in [4.69, 9.17) is 11.2 Å². The number of ether oxygens (including phenoxy) is 1. The Morgan fingerprint density at radius 3 is 2.54 bits per heavy atom. The van der Waals surface area contributed by atoms with Crippen LogP contribution >= 0.6 is 0 Å². The first-order chi connectivity index (χ1) is 6.16. The van der Waals surface area contributed by atoms with Gasteiger partial charge in [0.25, 0.3) is 0 Å². The minimum Gasteiger partial charge on any atom is -0.379 e. The average Bonchev–Trinajstić information content (AvgIpc) is 2.10. The van der Waals surface area contributed by atoms with E-state index in [1.165, 1.54) is 0 Å². The summed E-state index contributed by atoms with van der Waals surface area (Å²) in [5.41, 5.74) is 0. The molecule has 2 nitrogen and oxygen atoms in total. The maximum absolute atomic E-state index is 5.41. The van der Waals surface area contributed by atoms with Crippen LogP contribution in [0, 0.1) is 12.3 Å². The molecule has 2 heteroatoms. The van der Waals surface area contributed by atoms with E-state index in [9.17, 15) is 0 Å². The second-order valence-electron chi connectivity index (χ2n) is 3.47. The Morgan fingerprint density at radius 1 is 1.31 bits per heavy atom. The van der Waals surface area contributed by atoms with Crippen LogP contribution in [0.5, 0.6) is 0 Å².